The summed E-state index contributed by atoms with van der Waals surface area (Å²) in [7, 11) is 3.52. The van der Waals surface area contributed by atoms with Gasteiger partial charge in [0.05, 0.1) is 24.9 Å². The van der Waals surface area contributed by atoms with E-state index < -0.39 is 0 Å². The molecule has 8 nitrogen and oxygen atoms in total. The molecule has 0 radical (unpaired) electrons. The number of carbonyl (C=O) groups is 1. The van der Waals surface area contributed by atoms with Crippen LogP contribution in [-0.4, -0.2) is 36.9 Å². The highest BCUT2D eigenvalue weighted by Crippen LogP contribution is 2.36. The molecule has 0 saturated carbocycles. The monoisotopic (exact) mass is 434 g/mol. The predicted octanol–water partition coefficient (Wildman–Crippen LogP) is 4.33. The third-order valence-electron chi connectivity index (χ3n) is 5.14. The molecule has 0 bridgehead atoms. The van der Waals surface area contributed by atoms with Gasteiger partial charge in [-0.2, -0.15) is 5.26 Å². The fourth-order valence-electron chi connectivity index (χ4n) is 3.42. The van der Waals surface area contributed by atoms with E-state index in [1.165, 1.54) is 0 Å². The van der Waals surface area contributed by atoms with E-state index in [9.17, 15) is 10.1 Å². The minimum atomic E-state index is -0.383. The van der Waals surface area contributed by atoms with E-state index in [4.69, 9.17) is 14.7 Å². The highest BCUT2D eigenvalue weighted by atomic mass is 16.5. The lowest BCUT2D eigenvalue weighted by Crippen LogP contribution is -2.17. The number of methoxy groups -OCH3 is 1. The minimum Gasteiger partial charge on any atom is -0.493 e. The second-order valence-electron chi connectivity index (χ2n) is 7.24. The van der Waals surface area contributed by atoms with Crippen molar-refractivity contribution in [1.82, 2.24) is 10.5 Å². The summed E-state index contributed by atoms with van der Waals surface area (Å²) in [4.78, 5) is 17.4. The summed E-state index contributed by atoms with van der Waals surface area (Å²) in [6.07, 6.45) is 2.52. The standard InChI is InChI=1S/C24H26N4O4/c1-28(21-14-17(16-25)26-20-9-6-5-8-19(20)21)18-11-12-22(31-2)23(15-18)32-13-7-3-4-10-24(29)27-30/h5-6,8-9,11-12,14-15,30H,3-4,7,10,13H2,1-2H3,(H,27,29). The number of ether oxygens (including phenoxy) is 2. The number of hydrogen-bond acceptors (Lipinski definition) is 7. The number of rotatable bonds is 10. The molecule has 8 heteroatoms. The number of unbranched alkanes of at least 4 members (excludes halogenated alkanes) is 2. The molecule has 0 unspecified atom stereocenters. The van der Waals surface area contributed by atoms with Gasteiger partial charge in [-0.15, -0.1) is 0 Å². The molecule has 0 saturated heterocycles. The molecular weight excluding hydrogens is 408 g/mol. The van der Waals surface area contributed by atoms with Crippen molar-refractivity contribution in [3.05, 3.63) is 54.2 Å². The van der Waals surface area contributed by atoms with E-state index in [2.05, 4.69) is 11.1 Å². The van der Waals surface area contributed by atoms with Gasteiger partial charge in [0, 0.05) is 30.6 Å². The van der Waals surface area contributed by atoms with Crippen LogP contribution in [0.1, 0.15) is 31.4 Å². The first-order valence-corrected chi connectivity index (χ1v) is 10.3. The molecular formula is C24H26N4O4. The number of nitrogens with zero attached hydrogens (tertiary/aromatic N) is 3. The fraction of sp³-hybridized carbons (Fsp3) is 0.292. The number of pyridine rings is 1. The van der Waals surface area contributed by atoms with Crippen LogP contribution in [0.15, 0.2) is 48.5 Å². The number of nitrogens with one attached hydrogen (secondary N) is 1. The molecule has 1 heterocycles. The molecule has 0 atom stereocenters. The maximum atomic E-state index is 11.1. The smallest absolute Gasteiger partial charge is 0.243 e. The van der Waals surface area contributed by atoms with E-state index in [1.807, 2.05) is 54.4 Å². The largest absolute Gasteiger partial charge is 0.493 e. The average molecular weight is 434 g/mol. The first kappa shape index (κ1) is 22.8. The zero-order chi connectivity index (χ0) is 22.9. The van der Waals surface area contributed by atoms with Crippen molar-refractivity contribution < 1.29 is 19.5 Å². The van der Waals surface area contributed by atoms with E-state index in [1.54, 1.807) is 18.7 Å². The van der Waals surface area contributed by atoms with Gasteiger partial charge in [0.2, 0.25) is 5.91 Å². The summed E-state index contributed by atoms with van der Waals surface area (Å²) in [5.74, 6) is 0.856. The number of amides is 1. The van der Waals surface area contributed by atoms with Crippen LogP contribution in [0, 0.1) is 11.3 Å². The number of anilines is 2. The van der Waals surface area contributed by atoms with Crippen molar-refractivity contribution in [2.75, 3.05) is 25.7 Å². The average Bonchev–Trinajstić information content (AvgIpc) is 2.84. The molecule has 0 aliphatic rings. The highest BCUT2D eigenvalue weighted by molar-refractivity contribution is 5.94. The van der Waals surface area contributed by atoms with Crippen LogP contribution >= 0.6 is 0 Å². The number of para-hydroxylation sites is 1. The Balaban J connectivity index is 1.77. The summed E-state index contributed by atoms with van der Waals surface area (Å²) in [6.45, 7) is 0.473. The lowest BCUT2D eigenvalue weighted by molar-refractivity contribution is -0.129. The molecule has 1 amide bonds. The SMILES string of the molecule is COc1ccc(N(C)c2cc(C#N)nc3ccccc23)cc1OCCCCCC(=O)NO. The molecule has 2 aromatic carbocycles. The Bertz CT molecular complexity index is 1130. The topological polar surface area (TPSA) is 108 Å². The van der Waals surface area contributed by atoms with Crippen LogP contribution in [0.2, 0.25) is 0 Å². The molecule has 166 valence electrons. The number of aromatic nitrogens is 1. The quantitative estimate of drug-likeness (QED) is 0.278. The van der Waals surface area contributed by atoms with Crippen LogP contribution in [0.25, 0.3) is 10.9 Å². The molecule has 0 spiro atoms. The zero-order valence-electron chi connectivity index (χ0n) is 18.2. The van der Waals surface area contributed by atoms with Crippen molar-refractivity contribution in [2.45, 2.75) is 25.7 Å². The van der Waals surface area contributed by atoms with Gasteiger partial charge in [0.15, 0.2) is 11.5 Å². The van der Waals surface area contributed by atoms with Crippen LogP contribution in [0.5, 0.6) is 11.5 Å². The summed E-state index contributed by atoms with van der Waals surface area (Å²) in [6, 6.07) is 17.3. The lowest BCUT2D eigenvalue weighted by Gasteiger charge is -2.23. The second kappa shape index (κ2) is 11.0. The van der Waals surface area contributed by atoms with Gasteiger partial charge in [-0.25, -0.2) is 10.5 Å². The Kier molecular flexibility index (Phi) is 7.84. The van der Waals surface area contributed by atoms with Crippen molar-refractivity contribution in [2.24, 2.45) is 0 Å². The molecule has 3 aromatic rings. The number of carbonyl (C=O) groups excluding carboxylic acids is 1. The summed E-state index contributed by atoms with van der Waals surface area (Å²) < 4.78 is 11.4. The van der Waals surface area contributed by atoms with E-state index >= 15 is 0 Å². The van der Waals surface area contributed by atoms with Crippen molar-refractivity contribution in [3.8, 4) is 17.6 Å². The van der Waals surface area contributed by atoms with E-state index in [-0.39, 0.29) is 12.3 Å². The summed E-state index contributed by atoms with van der Waals surface area (Å²) in [5, 5.41) is 18.9. The van der Waals surface area contributed by atoms with Crippen LogP contribution in [-0.2, 0) is 4.79 Å². The van der Waals surface area contributed by atoms with Gasteiger partial charge in [0.1, 0.15) is 11.8 Å². The lowest BCUT2D eigenvalue weighted by atomic mass is 10.1. The molecule has 0 fully saturated rings. The van der Waals surface area contributed by atoms with Gasteiger partial charge in [-0.1, -0.05) is 18.2 Å². The summed E-state index contributed by atoms with van der Waals surface area (Å²) in [5.41, 5.74) is 4.48. The number of nitriles is 1. The van der Waals surface area contributed by atoms with Crippen LogP contribution in [0.3, 0.4) is 0 Å². The third-order valence-corrected chi connectivity index (χ3v) is 5.14. The van der Waals surface area contributed by atoms with E-state index in [0.717, 1.165) is 35.1 Å². The van der Waals surface area contributed by atoms with Crippen LogP contribution < -0.4 is 19.9 Å². The first-order valence-electron chi connectivity index (χ1n) is 10.3. The maximum Gasteiger partial charge on any atom is 0.243 e. The molecule has 2 N–H and O–H groups in total. The second-order valence-corrected chi connectivity index (χ2v) is 7.24. The third kappa shape index (κ3) is 5.45. The van der Waals surface area contributed by atoms with Gasteiger partial charge in [0.25, 0.3) is 0 Å². The number of benzene rings is 2. The molecule has 32 heavy (non-hydrogen) atoms. The van der Waals surface area contributed by atoms with Crippen molar-refractivity contribution >= 4 is 28.2 Å². The number of fused-ring (bicyclic) bond motifs is 1. The van der Waals surface area contributed by atoms with Crippen molar-refractivity contribution in [1.29, 1.82) is 5.26 Å². The Morgan fingerprint density at radius 1 is 1.16 bits per heavy atom. The zero-order valence-corrected chi connectivity index (χ0v) is 18.2. The Hall–Kier alpha value is -3.83. The fourth-order valence-corrected chi connectivity index (χ4v) is 3.42. The Labute approximate surface area is 187 Å². The van der Waals surface area contributed by atoms with E-state index in [0.29, 0.717) is 30.2 Å². The maximum absolute atomic E-state index is 11.1. The normalized spacial score (nSPS) is 10.4. The molecule has 1 aromatic heterocycles. The van der Waals surface area contributed by atoms with Gasteiger partial charge in [-0.05, 0) is 43.5 Å². The Morgan fingerprint density at radius 3 is 2.72 bits per heavy atom. The Morgan fingerprint density at radius 2 is 1.97 bits per heavy atom. The predicted molar refractivity (Wildman–Crippen MR) is 121 cm³/mol. The van der Waals surface area contributed by atoms with Gasteiger partial charge < -0.3 is 14.4 Å². The van der Waals surface area contributed by atoms with Crippen molar-refractivity contribution in [3.63, 3.8) is 0 Å². The molecule has 0 aliphatic carbocycles. The van der Waals surface area contributed by atoms with Crippen LogP contribution in [0.4, 0.5) is 11.4 Å². The number of hydrogen-bond donors (Lipinski definition) is 2. The molecule has 0 aliphatic heterocycles. The van der Waals surface area contributed by atoms with Gasteiger partial charge >= 0.3 is 0 Å². The van der Waals surface area contributed by atoms with Gasteiger partial charge in [-0.3, -0.25) is 10.0 Å². The highest BCUT2D eigenvalue weighted by Gasteiger charge is 2.14. The minimum absolute atomic E-state index is 0.282. The molecule has 3 rings (SSSR count). The number of hydroxylamine groups is 1. The summed E-state index contributed by atoms with van der Waals surface area (Å²) >= 11 is 0. The first-order chi connectivity index (χ1) is 15.6.